The molecule has 0 aromatic heterocycles. The van der Waals surface area contributed by atoms with Crippen molar-refractivity contribution in [2.75, 3.05) is 23.9 Å². The van der Waals surface area contributed by atoms with E-state index in [4.69, 9.17) is 11.6 Å². The van der Waals surface area contributed by atoms with Crippen molar-refractivity contribution in [1.82, 2.24) is 4.90 Å². The van der Waals surface area contributed by atoms with Crippen LogP contribution in [0.4, 0.5) is 5.69 Å². The molecule has 0 bridgehead atoms. The van der Waals surface area contributed by atoms with E-state index in [1.807, 2.05) is 18.7 Å². The first-order valence-electron chi connectivity index (χ1n) is 6.41. The van der Waals surface area contributed by atoms with Crippen LogP contribution in [0.1, 0.15) is 12.0 Å². The van der Waals surface area contributed by atoms with E-state index in [9.17, 15) is 9.59 Å². The third-order valence-electron chi connectivity index (χ3n) is 3.40. The molecule has 1 atom stereocenters. The van der Waals surface area contributed by atoms with Gasteiger partial charge in [-0.15, -0.1) is 0 Å². The highest BCUT2D eigenvalue weighted by Gasteiger charge is 2.28. The Bertz CT molecular complexity index is 530. The van der Waals surface area contributed by atoms with E-state index < -0.39 is 11.8 Å². The van der Waals surface area contributed by atoms with Crippen LogP contribution in [-0.2, 0) is 9.59 Å². The molecular formula is C14H17ClN2O2S. The van der Waals surface area contributed by atoms with Gasteiger partial charge in [0.2, 0.25) is 0 Å². The number of hydrogen-bond acceptors (Lipinski definition) is 3. The number of halogens is 1. The number of rotatable bonds is 2. The number of nitrogens with one attached hydrogen (secondary N) is 1. The maximum Gasteiger partial charge on any atom is 0.313 e. The predicted molar refractivity (Wildman–Crippen MR) is 83.3 cm³/mol. The molecule has 0 saturated carbocycles. The highest BCUT2D eigenvalue weighted by molar-refractivity contribution is 7.99. The first-order valence-corrected chi connectivity index (χ1v) is 7.94. The standard InChI is InChI=1S/C14H17ClN2O2S/c1-9-7-10(15)3-4-12(9)16-13(18)14(19)17(2)11-5-6-20-8-11/h3-4,7,11H,5-6,8H2,1-2H3,(H,16,18). The normalized spacial score (nSPS) is 17.9. The van der Waals surface area contributed by atoms with Crippen LogP contribution in [0.5, 0.6) is 0 Å². The van der Waals surface area contributed by atoms with Crippen molar-refractivity contribution < 1.29 is 9.59 Å². The van der Waals surface area contributed by atoms with Gasteiger partial charge in [-0.2, -0.15) is 11.8 Å². The molecule has 6 heteroatoms. The molecule has 20 heavy (non-hydrogen) atoms. The smallest absolute Gasteiger partial charge is 0.313 e. The average Bonchev–Trinajstić information content (AvgIpc) is 2.94. The van der Waals surface area contributed by atoms with Gasteiger partial charge in [-0.3, -0.25) is 9.59 Å². The largest absolute Gasteiger partial charge is 0.334 e. The zero-order valence-electron chi connectivity index (χ0n) is 11.5. The topological polar surface area (TPSA) is 49.4 Å². The van der Waals surface area contributed by atoms with Gasteiger partial charge in [-0.25, -0.2) is 0 Å². The summed E-state index contributed by atoms with van der Waals surface area (Å²) in [5.41, 5.74) is 1.44. The minimum absolute atomic E-state index is 0.157. The number of amides is 2. The van der Waals surface area contributed by atoms with E-state index in [0.29, 0.717) is 10.7 Å². The lowest BCUT2D eigenvalue weighted by molar-refractivity contribution is -0.143. The van der Waals surface area contributed by atoms with E-state index in [0.717, 1.165) is 23.5 Å². The fourth-order valence-corrected chi connectivity index (χ4v) is 3.59. The summed E-state index contributed by atoms with van der Waals surface area (Å²) in [4.78, 5) is 25.6. The third-order valence-corrected chi connectivity index (χ3v) is 4.78. The minimum atomic E-state index is -0.602. The number of hydrogen-bond donors (Lipinski definition) is 1. The lowest BCUT2D eigenvalue weighted by Gasteiger charge is -2.23. The van der Waals surface area contributed by atoms with E-state index in [2.05, 4.69) is 5.32 Å². The quantitative estimate of drug-likeness (QED) is 0.854. The molecule has 0 aliphatic carbocycles. The maximum atomic E-state index is 12.1. The van der Waals surface area contributed by atoms with Crippen LogP contribution in [0.2, 0.25) is 5.02 Å². The number of thioether (sulfide) groups is 1. The number of benzene rings is 1. The Hall–Kier alpha value is -1.20. The Labute approximate surface area is 127 Å². The number of carbonyl (C=O) groups excluding carboxylic acids is 2. The second kappa shape index (κ2) is 6.50. The monoisotopic (exact) mass is 312 g/mol. The number of aryl methyl sites for hydroxylation is 1. The van der Waals surface area contributed by atoms with Gasteiger partial charge in [0.1, 0.15) is 0 Å². The van der Waals surface area contributed by atoms with Gasteiger partial charge >= 0.3 is 11.8 Å². The summed E-state index contributed by atoms with van der Waals surface area (Å²) in [6.07, 6.45) is 0.945. The molecule has 0 spiro atoms. The third kappa shape index (κ3) is 3.46. The van der Waals surface area contributed by atoms with Crippen LogP contribution in [0, 0.1) is 6.92 Å². The van der Waals surface area contributed by atoms with Crippen LogP contribution < -0.4 is 5.32 Å². The minimum Gasteiger partial charge on any atom is -0.334 e. The second-order valence-corrected chi connectivity index (χ2v) is 6.43. The van der Waals surface area contributed by atoms with Crippen LogP contribution in [-0.4, -0.2) is 41.3 Å². The number of nitrogens with zero attached hydrogens (tertiary/aromatic N) is 1. The molecule has 1 saturated heterocycles. The first-order chi connectivity index (χ1) is 9.49. The Morgan fingerprint density at radius 3 is 2.80 bits per heavy atom. The van der Waals surface area contributed by atoms with Gasteiger partial charge in [0.05, 0.1) is 0 Å². The Kier molecular flexibility index (Phi) is 4.94. The summed E-state index contributed by atoms with van der Waals surface area (Å²) < 4.78 is 0. The summed E-state index contributed by atoms with van der Waals surface area (Å²) in [5.74, 6) is 0.844. The summed E-state index contributed by atoms with van der Waals surface area (Å²) in [7, 11) is 1.69. The van der Waals surface area contributed by atoms with Gasteiger partial charge in [0, 0.05) is 29.6 Å². The van der Waals surface area contributed by atoms with Gasteiger partial charge in [0.25, 0.3) is 0 Å². The van der Waals surface area contributed by atoms with Crippen molar-refractivity contribution in [2.45, 2.75) is 19.4 Å². The molecule has 2 rings (SSSR count). The SMILES string of the molecule is Cc1cc(Cl)ccc1NC(=O)C(=O)N(C)C1CCSC1. The van der Waals surface area contributed by atoms with Crippen molar-refractivity contribution >= 4 is 40.9 Å². The molecule has 1 N–H and O–H groups in total. The summed E-state index contributed by atoms with van der Waals surface area (Å²) >= 11 is 7.67. The zero-order chi connectivity index (χ0) is 14.7. The van der Waals surface area contributed by atoms with Crippen LogP contribution >= 0.6 is 23.4 Å². The van der Waals surface area contributed by atoms with Crippen molar-refractivity contribution in [3.63, 3.8) is 0 Å². The van der Waals surface area contributed by atoms with E-state index in [-0.39, 0.29) is 6.04 Å². The molecular weight excluding hydrogens is 296 g/mol. The number of likely N-dealkylation sites (N-methyl/N-ethyl adjacent to an activating group) is 1. The van der Waals surface area contributed by atoms with Gasteiger partial charge < -0.3 is 10.2 Å². The predicted octanol–water partition coefficient (Wildman–Crippen LogP) is 2.55. The number of carbonyl (C=O) groups is 2. The molecule has 4 nitrogen and oxygen atoms in total. The molecule has 1 aromatic rings. The van der Waals surface area contributed by atoms with Crippen LogP contribution in [0.25, 0.3) is 0 Å². The molecule has 1 aromatic carbocycles. The van der Waals surface area contributed by atoms with Crippen molar-refractivity contribution in [2.24, 2.45) is 0 Å². The van der Waals surface area contributed by atoms with E-state index in [1.54, 1.807) is 30.1 Å². The average molecular weight is 313 g/mol. The molecule has 1 heterocycles. The first kappa shape index (κ1) is 15.2. The van der Waals surface area contributed by atoms with E-state index in [1.165, 1.54) is 0 Å². The number of anilines is 1. The lowest BCUT2D eigenvalue weighted by atomic mass is 10.2. The summed E-state index contributed by atoms with van der Waals surface area (Å²) in [6.45, 7) is 1.84. The van der Waals surface area contributed by atoms with Gasteiger partial charge in [-0.1, -0.05) is 11.6 Å². The highest BCUT2D eigenvalue weighted by atomic mass is 35.5. The lowest BCUT2D eigenvalue weighted by Crippen LogP contribution is -2.43. The molecule has 1 fully saturated rings. The Morgan fingerprint density at radius 2 is 2.20 bits per heavy atom. The van der Waals surface area contributed by atoms with Crippen LogP contribution in [0.15, 0.2) is 18.2 Å². The zero-order valence-corrected chi connectivity index (χ0v) is 13.1. The molecule has 2 amide bonds. The molecule has 108 valence electrons. The molecule has 1 aliphatic heterocycles. The van der Waals surface area contributed by atoms with Gasteiger partial charge in [0.15, 0.2) is 0 Å². The van der Waals surface area contributed by atoms with Crippen LogP contribution in [0.3, 0.4) is 0 Å². The molecule has 1 unspecified atom stereocenters. The molecule has 0 radical (unpaired) electrons. The van der Waals surface area contributed by atoms with Crippen molar-refractivity contribution in [1.29, 1.82) is 0 Å². The fourth-order valence-electron chi connectivity index (χ4n) is 2.10. The van der Waals surface area contributed by atoms with Crippen molar-refractivity contribution in [3.05, 3.63) is 28.8 Å². The Balaban J connectivity index is 2.01. The second-order valence-electron chi connectivity index (χ2n) is 4.85. The summed E-state index contributed by atoms with van der Waals surface area (Å²) in [6, 6.07) is 5.30. The fraction of sp³-hybridized carbons (Fsp3) is 0.429. The van der Waals surface area contributed by atoms with Gasteiger partial charge in [-0.05, 0) is 42.9 Å². The maximum absolute atomic E-state index is 12.1. The summed E-state index contributed by atoms with van der Waals surface area (Å²) in [5, 5.41) is 3.25. The van der Waals surface area contributed by atoms with E-state index >= 15 is 0 Å². The highest BCUT2D eigenvalue weighted by Crippen LogP contribution is 2.22. The Morgan fingerprint density at radius 1 is 1.45 bits per heavy atom. The van der Waals surface area contributed by atoms with Crippen molar-refractivity contribution in [3.8, 4) is 0 Å². The molecule has 1 aliphatic rings.